The van der Waals surface area contributed by atoms with Crippen LogP contribution in [0.5, 0.6) is 0 Å². The molecule has 0 aromatic heterocycles. The number of anilines is 1. The van der Waals surface area contributed by atoms with E-state index in [-0.39, 0.29) is 0 Å². The number of nitrogens with two attached hydrogens (primary N) is 1. The molecule has 0 saturated carbocycles. The van der Waals surface area contributed by atoms with Gasteiger partial charge < -0.3 is 14.8 Å². The van der Waals surface area contributed by atoms with Crippen molar-refractivity contribution in [1.82, 2.24) is 0 Å². The zero-order valence-electron chi connectivity index (χ0n) is 9.27. The molecule has 0 amide bonds. The van der Waals surface area contributed by atoms with Gasteiger partial charge in [-0.3, -0.25) is 4.57 Å². The molecule has 4 nitrogen and oxygen atoms in total. The van der Waals surface area contributed by atoms with Gasteiger partial charge in [0.2, 0.25) is 0 Å². The molecule has 0 spiro atoms. The Balaban J connectivity index is 3.11. The van der Waals surface area contributed by atoms with Gasteiger partial charge in [-0.25, -0.2) is 0 Å². The highest BCUT2D eigenvalue weighted by Gasteiger charge is 2.26. The molecule has 6 heteroatoms. The van der Waals surface area contributed by atoms with E-state index in [1.165, 1.54) is 6.07 Å². The van der Waals surface area contributed by atoms with Crippen LogP contribution in [0.15, 0.2) is 18.2 Å². The Morgan fingerprint density at radius 3 is 2.31 bits per heavy atom. The molecule has 2 N–H and O–H groups in total. The van der Waals surface area contributed by atoms with Crippen molar-refractivity contribution in [3.05, 3.63) is 23.2 Å². The molecule has 0 atom stereocenters. The highest BCUT2D eigenvalue weighted by molar-refractivity contribution is 7.62. The van der Waals surface area contributed by atoms with Gasteiger partial charge in [-0.1, -0.05) is 11.6 Å². The van der Waals surface area contributed by atoms with Crippen LogP contribution in [0, 0.1) is 0 Å². The minimum atomic E-state index is -3.26. The average molecular weight is 264 g/mol. The molecular weight excluding hydrogens is 249 g/mol. The average Bonchev–Trinajstić information content (AvgIpc) is 2.22. The second-order valence-electron chi connectivity index (χ2n) is 3.04. The lowest BCUT2D eigenvalue weighted by atomic mass is 10.3. The lowest BCUT2D eigenvalue weighted by molar-refractivity contribution is 0.230. The number of nitrogen functional groups attached to an aromatic ring is 1. The van der Waals surface area contributed by atoms with Crippen molar-refractivity contribution in [2.75, 3.05) is 18.9 Å². The number of hydrogen-bond donors (Lipinski definition) is 1. The minimum Gasteiger partial charge on any atom is -0.398 e. The molecule has 1 aromatic rings. The van der Waals surface area contributed by atoms with Crippen LogP contribution in [0.4, 0.5) is 5.69 Å². The molecule has 0 saturated heterocycles. The van der Waals surface area contributed by atoms with E-state index < -0.39 is 7.60 Å². The third kappa shape index (κ3) is 2.98. The Kier molecular flexibility index (Phi) is 4.81. The lowest BCUT2D eigenvalue weighted by Gasteiger charge is -2.17. The molecule has 0 aliphatic carbocycles. The highest BCUT2D eigenvalue weighted by atomic mass is 35.5. The summed E-state index contributed by atoms with van der Waals surface area (Å²) in [6.45, 7) is 4.12. The standard InChI is InChI=1S/C10H15ClNO3P/c1-3-14-16(13,15-4-2)8-5-6-9(11)10(12)7-8/h5-7H,3-4,12H2,1-2H3. The molecule has 0 radical (unpaired) electrons. The van der Waals surface area contributed by atoms with E-state index in [9.17, 15) is 4.57 Å². The first-order valence-electron chi connectivity index (χ1n) is 4.98. The third-order valence-electron chi connectivity index (χ3n) is 1.89. The maximum Gasteiger partial charge on any atom is 0.361 e. The van der Waals surface area contributed by atoms with Gasteiger partial charge in [0.05, 0.1) is 29.2 Å². The van der Waals surface area contributed by atoms with Gasteiger partial charge in [0.15, 0.2) is 0 Å². The van der Waals surface area contributed by atoms with E-state index in [0.717, 1.165) is 0 Å². The molecule has 1 aromatic carbocycles. The predicted molar refractivity (Wildman–Crippen MR) is 66.4 cm³/mol. The van der Waals surface area contributed by atoms with Crippen LogP contribution in [0.2, 0.25) is 5.02 Å². The Morgan fingerprint density at radius 2 is 1.88 bits per heavy atom. The van der Waals surface area contributed by atoms with Crippen LogP contribution in [0.25, 0.3) is 0 Å². The second kappa shape index (κ2) is 5.69. The maximum atomic E-state index is 12.3. The predicted octanol–water partition coefficient (Wildman–Crippen LogP) is 2.81. The molecule has 0 bridgehead atoms. The van der Waals surface area contributed by atoms with Crippen molar-refractivity contribution in [2.45, 2.75) is 13.8 Å². The summed E-state index contributed by atoms with van der Waals surface area (Å²) in [5.74, 6) is 0. The number of hydrogen-bond acceptors (Lipinski definition) is 4. The molecular formula is C10H15ClNO3P. The van der Waals surface area contributed by atoms with Gasteiger partial charge in [-0.15, -0.1) is 0 Å². The molecule has 1 rings (SSSR count). The summed E-state index contributed by atoms with van der Waals surface area (Å²) < 4.78 is 22.7. The quantitative estimate of drug-likeness (QED) is 0.655. The van der Waals surface area contributed by atoms with Gasteiger partial charge in [0.1, 0.15) is 0 Å². The minimum absolute atomic E-state index is 0.305. The number of benzene rings is 1. The molecule has 0 aliphatic rings. The van der Waals surface area contributed by atoms with Gasteiger partial charge in [0.25, 0.3) is 0 Å². The van der Waals surface area contributed by atoms with Crippen molar-refractivity contribution in [1.29, 1.82) is 0 Å². The molecule has 0 aliphatic heterocycles. The first kappa shape index (κ1) is 13.5. The molecule has 0 unspecified atom stereocenters. The van der Waals surface area contributed by atoms with Crippen molar-refractivity contribution in [3.63, 3.8) is 0 Å². The van der Waals surface area contributed by atoms with Crippen LogP contribution in [0.3, 0.4) is 0 Å². The van der Waals surface area contributed by atoms with Gasteiger partial charge in [-0.2, -0.15) is 0 Å². The van der Waals surface area contributed by atoms with Crippen molar-refractivity contribution in [3.8, 4) is 0 Å². The van der Waals surface area contributed by atoms with Crippen LogP contribution in [-0.2, 0) is 13.6 Å². The second-order valence-corrected chi connectivity index (χ2v) is 5.47. The molecule has 0 fully saturated rings. The number of rotatable bonds is 5. The normalized spacial score (nSPS) is 11.7. The fraction of sp³-hybridized carbons (Fsp3) is 0.400. The summed E-state index contributed by atoms with van der Waals surface area (Å²) >= 11 is 5.79. The van der Waals surface area contributed by atoms with E-state index in [1.54, 1.807) is 26.0 Å². The summed E-state index contributed by atoms with van der Waals surface area (Å²) in [5, 5.41) is 0.849. The Morgan fingerprint density at radius 1 is 1.31 bits per heavy atom. The van der Waals surface area contributed by atoms with Gasteiger partial charge >= 0.3 is 7.60 Å². The smallest absolute Gasteiger partial charge is 0.361 e. The van der Waals surface area contributed by atoms with E-state index >= 15 is 0 Å². The third-order valence-corrected chi connectivity index (χ3v) is 4.34. The van der Waals surface area contributed by atoms with Crippen molar-refractivity contribution in [2.24, 2.45) is 0 Å². The summed E-state index contributed by atoms with van der Waals surface area (Å²) in [5.41, 5.74) is 6.01. The van der Waals surface area contributed by atoms with Crippen LogP contribution in [0.1, 0.15) is 13.8 Å². The topological polar surface area (TPSA) is 61.5 Å². The summed E-state index contributed by atoms with van der Waals surface area (Å²) in [6, 6.07) is 4.70. The van der Waals surface area contributed by atoms with Crippen LogP contribution >= 0.6 is 19.2 Å². The van der Waals surface area contributed by atoms with Crippen LogP contribution < -0.4 is 11.0 Å². The van der Waals surface area contributed by atoms with Crippen molar-refractivity contribution >= 4 is 30.2 Å². The van der Waals surface area contributed by atoms with E-state index in [4.69, 9.17) is 26.4 Å². The van der Waals surface area contributed by atoms with Crippen molar-refractivity contribution < 1.29 is 13.6 Å². The van der Waals surface area contributed by atoms with E-state index in [2.05, 4.69) is 0 Å². The van der Waals surface area contributed by atoms with Gasteiger partial charge in [-0.05, 0) is 32.0 Å². The lowest BCUT2D eigenvalue weighted by Crippen LogP contribution is -2.11. The highest BCUT2D eigenvalue weighted by Crippen LogP contribution is 2.47. The summed E-state index contributed by atoms with van der Waals surface area (Å²) in [6.07, 6.45) is 0. The van der Waals surface area contributed by atoms with E-state index in [1.807, 2.05) is 0 Å². The Bertz CT molecular complexity index is 401. The first-order valence-corrected chi connectivity index (χ1v) is 6.90. The van der Waals surface area contributed by atoms with Gasteiger partial charge in [0, 0.05) is 0 Å². The largest absolute Gasteiger partial charge is 0.398 e. The van der Waals surface area contributed by atoms with E-state index in [0.29, 0.717) is 29.2 Å². The Hall–Kier alpha value is -0.540. The SMILES string of the molecule is CCOP(=O)(OCC)c1ccc(Cl)c(N)c1. The zero-order valence-corrected chi connectivity index (χ0v) is 10.9. The van der Waals surface area contributed by atoms with Crippen LogP contribution in [-0.4, -0.2) is 13.2 Å². The maximum absolute atomic E-state index is 12.3. The summed E-state index contributed by atoms with van der Waals surface area (Å²) in [7, 11) is -3.26. The summed E-state index contributed by atoms with van der Waals surface area (Å²) in [4.78, 5) is 0. The first-order chi connectivity index (χ1) is 7.53. The fourth-order valence-electron chi connectivity index (χ4n) is 1.23. The molecule has 90 valence electrons. The Labute approximate surface area is 100 Å². The number of halogens is 1. The zero-order chi connectivity index (χ0) is 12.2. The molecule has 16 heavy (non-hydrogen) atoms. The molecule has 0 heterocycles. The monoisotopic (exact) mass is 263 g/mol. The fourth-order valence-corrected chi connectivity index (χ4v) is 2.95.